The number of anilines is 1. The molecule has 1 aromatic carbocycles. The van der Waals surface area contributed by atoms with Gasteiger partial charge in [-0.05, 0) is 23.6 Å². The highest BCUT2D eigenvalue weighted by Gasteiger charge is 2.47. The number of ether oxygens (including phenoxy) is 1. The first-order valence-corrected chi connectivity index (χ1v) is 11.5. The molecule has 3 aromatic rings. The topological polar surface area (TPSA) is 85.2 Å². The van der Waals surface area contributed by atoms with Crippen LogP contribution in [0.25, 0.3) is 11.1 Å². The van der Waals surface area contributed by atoms with Crippen molar-refractivity contribution in [2.45, 2.75) is 31.5 Å². The van der Waals surface area contributed by atoms with E-state index in [2.05, 4.69) is 20.4 Å². The van der Waals surface area contributed by atoms with Crippen LogP contribution in [0.2, 0.25) is 0 Å². The predicted molar refractivity (Wildman–Crippen MR) is 124 cm³/mol. The largest absolute Gasteiger partial charge is 0.480 e. The summed E-state index contributed by atoms with van der Waals surface area (Å²) in [7, 11) is 2.57. The third kappa shape index (κ3) is 5.68. The van der Waals surface area contributed by atoms with E-state index in [-0.39, 0.29) is 23.8 Å². The molecule has 1 N–H and O–H groups in total. The van der Waals surface area contributed by atoms with E-state index in [1.807, 2.05) is 0 Å². The number of alkyl halides is 5. The molecule has 14 heteroatoms. The first kappa shape index (κ1) is 27.2. The Balaban J connectivity index is 1.63. The molecule has 0 radical (unpaired) electrons. The minimum atomic E-state index is -4.74. The van der Waals surface area contributed by atoms with E-state index >= 15 is 0 Å². The van der Waals surface area contributed by atoms with Crippen molar-refractivity contribution in [1.82, 2.24) is 24.6 Å². The number of halogens is 6. The number of benzene rings is 1. The van der Waals surface area contributed by atoms with Crippen LogP contribution in [0.15, 0.2) is 36.7 Å². The molecule has 1 aliphatic heterocycles. The monoisotopic (exact) mass is 542 g/mol. The van der Waals surface area contributed by atoms with Gasteiger partial charge in [-0.25, -0.2) is 18.2 Å². The number of nitrogens with zero attached hydrogens (tertiary/aromatic N) is 5. The lowest BCUT2D eigenvalue weighted by Crippen LogP contribution is -2.57. The molecular formula is C24H24F6N6O2. The van der Waals surface area contributed by atoms with Gasteiger partial charge in [-0.1, -0.05) is 19.1 Å². The first-order chi connectivity index (χ1) is 17.8. The highest BCUT2D eigenvalue weighted by Crippen LogP contribution is 2.37. The Labute approximate surface area is 213 Å². The van der Waals surface area contributed by atoms with Crippen molar-refractivity contribution in [2.75, 3.05) is 25.5 Å². The molecule has 1 aliphatic rings. The minimum absolute atomic E-state index is 0.138. The number of aryl methyl sites for hydroxylation is 1. The zero-order chi connectivity index (χ0) is 27.8. The third-order valence-corrected chi connectivity index (χ3v) is 6.23. The van der Waals surface area contributed by atoms with E-state index in [0.29, 0.717) is 11.8 Å². The lowest BCUT2D eigenvalue weighted by atomic mass is 9.88. The number of likely N-dealkylation sites (tertiary alicyclic amines) is 1. The number of carbonyl (C=O) groups excluding carboxylic acids is 1. The molecule has 38 heavy (non-hydrogen) atoms. The van der Waals surface area contributed by atoms with E-state index in [0.717, 1.165) is 12.0 Å². The van der Waals surface area contributed by atoms with Crippen molar-refractivity contribution in [3.63, 3.8) is 0 Å². The molecule has 0 unspecified atom stereocenters. The van der Waals surface area contributed by atoms with Crippen molar-refractivity contribution >= 4 is 11.9 Å². The highest BCUT2D eigenvalue weighted by atomic mass is 19.4. The number of rotatable bonds is 6. The molecule has 1 amide bonds. The van der Waals surface area contributed by atoms with Crippen molar-refractivity contribution in [1.29, 1.82) is 0 Å². The molecule has 2 aromatic heterocycles. The van der Waals surface area contributed by atoms with Gasteiger partial charge in [-0.2, -0.15) is 23.3 Å². The summed E-state index contributed by atoms with van der Waals surface area (Å²) in [6.45, 7) is 0.498. The van der Waals surface area contributed by atoms with Crippen LogP contribution in [0.4, 0.5) is 32.3 Å². The van der Waals surface area contributed by atoms with Crippen LogP contribution in [0.3, 0.4) is 0 Å². The summed E-state index contributed by atoms with van der Waals surface area (Å²) in [5, 5.41) is 6.90. The summed E-state index contributed by atoms with van der Waals surface area (Å²) in [6.07, 6.45) is -3.21. The maximum Gasteiger partial charge on any atom is 0.423 e. The standard InChI is InChI=1S/C24H24F6N6O2/c1-13-8-23(26,27)12-36(18(13)10-32-22-31-9-17(24(28,29)30)20(33-22)38-3)21(37)19-16(11-35(2)34-19)14-5-4-6-15(25)7-14/h4-7,9,11,13,18H,8,10,12H2,1-3H3,(H,31,32,33)/t13-,18-/m1/s1. The highest BCUT2D eigenvalue weighted by molar-refractivity contribution is 5.99. The van der Waals surface area contributed by atoms with E-state index in [1.54, 1.807) is 20.0 Å². The number of amides is 1. The molecule has 1 fully saturated rings. The van der Waals surface area contributed by atoms with Crippen molar-refractivity contribution in [2.24, 2.45) is 13.0 Å². The van der Waals surface area contributed by atoms with Crippen molar-refractivity contribution < 1.29 is 35.9 Å². The van der Waals surface area contributed by atoms with Gasteiger partial charge in [0.15, 0.2) is 5.69 Å². The molecule has 0 spiro atoms. The van der Waals surface area contributed by atoms with Crippen LogP contribution in [0.1, 0.15) is 29.4 Å². The van der Waals surface area contributed by atoms with Gasteiger partial charge in [0, 0.05) is 38.0 Å². The minimum Gasteiger partial charge on any atom is -0.480 e. The molecule has 3 heterocycles. The second-order valence-corrected chi connectivity index (χ2v) is 9.11. The molecule has 8 nitrogen and oxygen atoms in total. The average Bonchev–Trinajstić information content (AvgIpc) is 3.23. The smallest absolute Gasteiger partial charge is 0.423 e. The van der Waals surface area contributed by atoms with Gasteiger partial charge in [0.25, 0.3) is 11.8 Å². The molecule has 0 saturated carbocycles. The van der Waals surface area contributed by atoms with Crippen molar-refractivity contribution in [3.8, 4) is 17.0 Å². The van der Waals surface area contributed by atoms with Crippen LogP contribution >= 0.6 is 0 Å². The van der Waals surface area contributed by atoms with Crippen LogP contribution in [-0.4, -0.2) is 62.7 Å². The number of methoxy groups -OCH3 is 1. The Morgan fingerprint density at radius 3 is 2.68 bits per heavy atom. The van der Waals surface area contributed by atoms with Gasteiger partial charge in [-0.15, -0.1) is 0 Å². The van der Waals surface area contributed by atoms with E-state index in [9.17, 15) is 31.1 Å². The number of aromatic nitrogens is 4. The van der Waals surface area contributed by atoms with Gasteiger partial charge in [0.2, 0.25) is 11.8 Å². The number of hydrogen-bond donors (Lipinski definition) is 1. The third-order valence-electron chi connectivity index (χ3n) is 6.23. The predicted octanol–water partition coefficient (Wildman–Crippen LogP) is 4.64. The average molecular weight is 542 g/mol. The summed E-state index contributed by atoms with van der Waals surface area (Å²) in [5.74, 6) is -6.18. The van der Waals surface area contributed by atoms with Gasteiger partial charge >= 0.3 is 6.18 Å². The summed E-state index contributed by atoms with van der Waals surface area (Å²) in [4.78, 5) is 22.0. The molecule has 2 atom stereocenters. The van der Waals surface area contributed by atoms with Crippen LogP contribution < -0.4 is 10.1 Å². The molecule has 1 saturated heterocycles. The van der Waals surface area contributed by atoms with Gasteiger partial charge < -0.3 is 15.0 Å². The maximum atomic E-state index is 14.6. The Morgan fingerprint density at radius 2 is 2.03 bits per heavy atom. The number of piperidine rings is 1. The second-order valence-electron chi connectivity index (χ2n) is 9.11. The van der Waals surface area contributed by atoms with Gasteiger partial charge in [0.1, 0.15) is 11.4 Å². The molecule has 204 valence electrons. The Morgan fingerprint density at radius 1 is 1.29 bits per heavy atom. The first-order valence-electron chi connectivity index (χ1n) is 11.5. The normalized spacial score (nSPS) is 19.3. The summed E-state index contributed by atoms with van der Waals surface area (Å²) >= 11 is 0. The molecule has 4 rings (SSSR count). The van der Waals surface area contributed by atoms with Crippen LogP contribution in [0.5, 0.6) is 5.88 Å². The zero-order valence-corrected chi connectivity index (χ0v) is 20.6. The SMILES string of the molecule is COc1nc(NC[C@@H]2[C@H](C)CC(F)(F)CN2C(=O)c2nn(C)cc2-c2cccc(F)c2)ncc1C(F)(F)F. The fraction of sp³-hybridized carbons (Fsp3) is 0.417. The number of hydrogen-bond acceptors (Lipinski definition) is 6. The number of carbonyl (C=O) groups is 1. The van der Waals surface area contributed by atoms with E-state index in [1.165, 1.54) is 29.1 Å². The molecule has 0 bridgehead atoms. The summed E-state index contributed by atoms with van der Waals surface area (Å²) < 4.78 is 88.5. The Kier molecular flexibility index (Phi) is 7.26. The van der Waals surface area contributed by atoms with Gasteiger partial charge in [-0.3, -0.25) is 9.48 Å². The van der Waals surface area contributed by atoms with Crippen LogP contribution in [-0.2, 0) is 13.2 Å². The summed E-state index contributed by atoms with van der Waals surface area (Å²) in [6, 6.07) is 4.64. The van der Waals surface area contributed by atoms with E-state index < -0.39 is 60.2 Å². The zero-order valence-electron chi connectivity index (χ0n) is 20.6. The molecular weight excluding hydrogens is 518 g/mol. The summed E-state index contributed by atoms with van der Waals surface area (Å²) in [5.41, 5.74) is -0.701. The maximum absolute atomic E-state index is 14.6. The van der Waals surface area contributed by atoms with E-state index in [4.69, 9.17) is 4.74 Å². The quantitative estimate of drug-likeness (QED) is 0.457. The molecule has 0 aliphatic carbocycles. The lowest BCUT2D eigenvalue weighted by Gasteiger charge is -2.43. The fourth-order valence-electron chi connectivity index (χ4n) is 4.53. The second kappa shape index (κ2) is 10.1. The Bertz CT molecular complexity index is 1330. The lowest BCUT2D eigenvalue weighted by molar-refractivity contribution is -0.139. The fourth-order valence-corrected chi connectivity index (χ4v) is 4.53. The number of nitrogens with one attached hydrogen (secondary N) is 1. The van der Waals surface area contributed by atoms with Crippen LogP contribution in [0, 0.1) is 11.7 Å². The Hall–Kier alpha value is -3.84. The van der Waals surface area contributed by atoms with Gasteiger partial charge in [0.05, 0.1) is 19.7 Å². The van der Waals surface area contributed by atoms with Crippen molar-refractivity contribution in [3.05, 3.63) is 53.7 Å².